The van der Waals surface area contributed by atoms with Gasteiger partial charge in [0.1, 0.15) is 28.6 Å². The van der Waals surface area contributed by atoms with E-state index in [4.69, 9.17) is 18.6 Å². The van der Waals surface area contributed by atoms with Gasteiger partial charge in [0, 0.05) is 17.5 Å². The van der Waals surface area contributed by atoms with Crippen LogP contribution in [-0.2, 0) is 4.79 Å². The fourth-order valence-corrected chi connectivity index (χ4v) is 2.50. The van der Waals surface area contributed by atoms with Gasteiger partial charge in [-0.05, 0) is 42.5 Å². The summed E-state index contributed by atoms with van der Waals surface area (Å²) in [6.07, 6.45) is 3.00. The van der Waals surface area contributed by atoms with Crippen molar-refractivity contribution in [3.05, 3.63) is 54.3 Å². The zero-order chi connectivity index (χ0) is 18.5. The molecular weight excluding hydrogens is 334 g/mol. The van der Waals surface area contributed by atoms with Gasteiger partial charge in [0.2, 0.25) is 5.91 Å². The van der Waals surface area contributed by atoms with Crippen LogP contribution in [-0.4, -0.2) is 27.2 Å². The molecule has 0 fully saturated rings. The molecule has 1 amide bonds. The molecule has 3 aromatic rings. The number of methoxy groups -OCH3 is 3. The van der Waals surface area contributed by atoms with E-state index in [0.29, 0.717) is 22.9 Å². The third kappa shape index (κ3) is 3.80. The second kappa shape index (κ2) is 7.65. The highest BCUT2D eigenvalue weighted by Crippen LogP contribution is 2.29. The zero-order valence-corrected chi connectivity index (χ0v) is 14.7. The third-order valence-electron chi connectivity index (χ3n) is 3.81. The molecule has 0 aliphatic carbocycles. The smallest absolute Gasteiger partial charge is 0.248 e. The molecule has 1 heterocycles. The summed E-state index contributed by atoms with van der Waals surface area (Å²) in [6, 6.07) is 12.5. The van der Waals surface area contributed by atoms with Gasteiger partial charge in [-0.3, -0.25) is 4.79 Å². The molecule has 0 radical (unpaired) electrons. The molecule has 6 nitrogen and oxygen atoms in total. The highest BCUT2D eigenvalue weighted by molar-refractivity contribution is 6.03. The molecule has 0 aliphatic heterocycles. The molecule has 6 heteroatoms. The SMILES string of the molecule is COc1ccc(OC)c(NC(=O)C=Cc2cc3cc(OC)ccc3o2)c1. The quantitative estimate of drug-likeness (QED) is 0.675. The predicted octanol–water partition coefficient (Wildman–Crippen LogP) is 4.11. The number of hydrogen-bond acceptors (Lipinski definition) is 5. The van der Waals surface area contributed by atoms with Crippen LogP contribution in [0.3, 0.4) is 0 Å². The van der Waals surface area contributed by atoms with Gasteiger partial charge >= 0.3 is 0 Å². The van der Waals surface area contributed by atoms with E-state index in [-0.39, 0.29) is 5.91 Å². The van der Waals surface area contributed by atoms with Crippen molar-refractivity contribution in [2.75, 3.05) is 26.6 Å². The van der Waals surface area contributed by atoms with Crippen molar-refractivity contribution in [2.45, 2.75) is 0 Å². The van der Waals surface area contributed by atoms with Crippen LogP contribution < -0.4 is 19.5 Å². The molecule has 0 bridgehead atoms. The Morgan fingerprint density at radius 2 is 1.69 bits per heavy atom. The van der Waals surface area contributed by atoms with E-state index >= 15 is 0 Å². The standard InChI is InChI=1S/C20H19NO5/c1-23-14-4-7-18-13(10-14)11-16(26-18)6-9-20(22)21-17-12-15(24-2)5-8-19(17)25-3/h4-12H,1-3H3,(H,21,22). The van der Waals surface area contributed by atoms with Crippen LogP contribution in [0.5, 0.6) is 17.2 Å². The van der Waals surface area contributed by atoms with Gasteiger partial charge in [-0.1, -0.05) is 0 Å². The first-order valence-electron chi connectivity index (χ1n) is 7.91. The highest BCUT2D eigenvalue weighted by atomic mass is 16.5. The van der Waals surface area contributed by atoms with Gasteiger partial charge in [0.15, 0.2) is 0 Å². The molecule has 1 N–H and O–H groups in total. The molecule has 1 aromatic heterocycles. The summed E-state index contributed by atoms with van der Waals surface area (Å²) in [5, 5.41) is 3.67. The number of anilines is 1. The minimum atomic E-state index is -0.311. The Hall–Kier alpha value is -3.41. The van der Waals surface area contributed by atoms with Crippen LogP contribution >= 0.6 is 0 Å². The van der Waals surface area contributed by atoms with Gasteiger partial charge in [0.05, 0.1) is 27.0 Å². The molecule has 0 aliphatic rings. The normalized spacial score (nSPS) is 10.9. The van der Waals surface area contributed by atoms with E-state index in [1.54, 1.807) is 38.5 Å². The maximum Gasteiger partial charge on any atom is 0.248 e. The molecule has 2 aromatic carbocycles. The van der Waals surface area contributed by atoms with Crippen LogP contribution in [0.1, 0.15) is 5.76 Å². The Morgan fingerprint density at radius 1 is 0.962 bits per heavy atom. The number of fused-ring (bicyclic) bond motifs is 1. The van der Waals surface area contributed by atoms with Gasteiger partial charge in [0.25, 0.3) is 0 Å². The maximum atomic E-state index is 12.2. The summed E-state index contributed by atoms with van der Waals surface area (Å²) in [5.74, 6) is 2.17. The van der Waals surface area contributed by atoms with Crippen molar-refractivity contribution < 1.29 is 23.4 Å². The Balaban J connectivity index is 1.75. The average Bonchev–Trinajstić information content (AvgIpc) is 3.08. The lowest BCUT2D eigenvalue weighted by Gasteiger charge is -2.10. The Morgan fingerprint density at radius 3 is 2.42 bits per heavy atom. The summed E-state index contributed by atoms with van der Waals surface area (Å²) >= 11 is 0. The van der Waals surface area contributed by atoms with Crippen molar-refractivity contribution in [3.63, 3.8) is 0 Å². The summed E-state index contributed by atoms with van der Waals surface area (Å²) in [7, 11) is 4.71. The first kappa shape index (κ1) is 17.4. The number of carbonyl (C=O) groups excluding carboxylic acids is 1. The number of benzene rings is 2. The summed E-state index contributed by atoms with van der Waals surface area (Å²) < 4.78 is 21.3. The molecular formula is C20H19NO5. The maximum absolute atomic E-state index is 12.2. The fourth-order valence-electron chi connectivity index (χ4n) is 2.50. The molecule has 0 unspecified atom stereocenters. The lowest BCUT2D eigenvalue weighted by atomic mass is 10.2. The first-order valence-corrected chi connectivity index (χ1v) is 7.91. The number of amides is 1. The summed E-state index contributed by atoms with van der Waals surface area (Å²) in [5.41, 5.74) is 1.25. The van der Waals surface area contributed by atoms with E-state index in [9.17, 15) is 4.79 Å². The summed E-state index contributed by atoms with van der Waals surface area (Å²) in [6.45, 7) is 0. The Bertz CT molecular complexity index is 958. The lowest BCUT2D eigenvalue weighted by Crippen LogP contribution is -2.09. The van der Waals surface area contributed by atoms with Crippen LogP contribution in [0.25, 0.3) is 17.0 Å². The molecule has 134 valence electrons. The molecule has 26 heavy (non-hydrogen) atoms. The molecule has 0 spiro atoms. The Kier molecular flexibility index (Phi) is 5.12. The molecule has 0 atom stereocenters. The topological polar surface area (TPSA) is 69.9 Å². The van der Waals surface area contributed by atoms with Crippen LogP contribution in [0.4, 0.5) is 5.69 Å². The number of furan rings is 1. The van der Waals surface area contributed by atoms with E-state index in [0.717, 1.165) is 16.7 Å². The number of ether oxygens (including phenoxy) is 3. The lowest BCUT2D eigenvalue weighted by molar-refractivity contribution is -0.111. The van der Waals surface area contributed by atoms with Crippen LogP contribution in [0, 0.1) is 0 Å². The van der Waals surface area contributed by atoms with E-state index < -0.39 is 0 Å². The number of carbonyl (C=O) groups is 1. The van der Waals surface area contributed by atoms with Crippen molar-refractivity contribution >= 4 is 28.6 Å². The van der Waals surface area contributed by atoms with Crippen molar-refractivity contribution in [3.8, 4) is 17.2 Å². The van der Waals surface area contributed by atoms with Crippen LogP contribution in [0.2, 0.25) is 0 Å². The highest BCUT2D eigenvalue weighted by Gasteiger charge is 2.08. The summed E-state index contributed by atoms with van der Waals surface area (Å²) in [4.78, 5) is 12.2. The van der Waals surface area contributed by atoms with Crippen molar-refractivity contribution in [1.29, 1.82) is 0 Å². The molecule has 0 saturated carbocycles. The number of rotatable bonds is 6. The number of nitrogens with one attached hydrogen (secondary N) is 1. The van der Waals surface area contributed by atoms with Crippen molar-refractivity contribution in [1.82, 2.24) is 0 Å². The van der Waals surface area contributed by atoms with E-state index in [1.165, 1.54) is 13.2 Å². The van der Waals surface area contributed by atoms with Gasteiger partial charge < -0.3 is 23.9 Å². The average molecular weight is 353 g/mol. The Labute approximate surface area is 151 Å². The predicted molar refractivity (Wildman–Crippen MR) is 100.0 cm³/mol. The van der Waals surface area contributed by atoms with E-state index in [1.807, 2.05) is 24.3 Å². The van der Waals surface area contributed by atoms with Gasteiger partial charge in [-0.15, -0.1) is 0 Å². The van der Waals surface area contributed by atoms with Gasteiger partial charge in [-0.25, -0.2) is 0 Å². The molecule has 0 saturated heterocycles. The largest absolute Gasteiger partial charge is 0.497 e. The zero-order valence-electron chi connectivity index (χ0n) is 14.7. The minimum absolute atomic E-state index is 0.311. The van der Waals surface area contributed by atoms with Crippen molar-refractivity contribution in [2.24, 2.45) is 0 Å². The van der Waals surface area contributed by atoms with E-state index in [2.05, 4.69) is 5.32 Å². The second-order valence-corrected chi connectivity index (χ2v) is 5.44. The monoisotopic (exact) mass is 353 g/mol. The fraction of sp³-hybridized carbons (Fsp3) is 0.150. The van der Waals surface area contributed by atoms with Gasteiger partial charge in [-0.2, -0.15) is 0 Å². The van der Waals surface area contributed by atoms with Crippen LogP contribution in [0.15, 0.2) is 53.0 Å². The molecule has 3 rings (SSSR count). The third-order valence-corrected chi connectivity index (χ3v) is 3.81. The number of hydrogen-bond donors (Lipinski definition) is 1. The second-order valence-electron chi connectivity index (χ2n) is 5.44. The minimum Gasteiger partial charge on any atom is -0.497 e. The first-order chi connectivity index (χ1) is 12.6.